The number of carbonyl (C=O) groups is 2. The monoisotopic (exact) mass is 731 g/mol. The van der Waals surface area contributed by atoms with E-state index in [0.29, 0.717) is 0 Å². The minimum atomic E-state index is -6.71. The van der Waals surface area contributed by atoms with Gasteiger partial charge in [-0.15, -0.1) is 0 Å². The molecule has 1 heterocycles. The van der Waals surface area contributed by atoms with E-state index in [4.69, 9.17) is 11.6 Å². The second-order valence-electron chi connectivity index (χ2n) is 7.95. The first-order valence-corrected chi connectivity index (χ1v) is 11.9. The Morgan fingerprint density at radius 3 is 1.90 bits per heavy atom. The Bertz CT molecular complexity index is 1490. The van der Waals surface area contributed by atoms with Crippen LogP contribution in [0.2, 0.25) is 5.15 Å². The number of benzene rings is 2. The zero-order chi connectivity index (χ0) is 31.1. The van der Waals surface area contributed by atoms with Crippen LogP contribution in [0.25, 0.3) is 0 Å². The average molecular weight is 732 g/mol. The zero-order valence-corrected chi connectivity index (χ0v) is 22.2. The van der Waals surface area contributed by atoms with Crippen LogP contribution < -0.4 is 10.6 Å². The fourth-order valence-electron chi connectivity index (χ4n) is 3.37. The molecule has 0 aliphatic rings. The molecule has 2 N–H and O–H groups in total. The summed E-state index contributed by atoms with van der Waals surface area (Å²) in [6.45, 7) is 0. The predicted molar refractivity (Wildman–Crippen MR) is 131 cm³/mol. The molecule has 41 heavy (non-hydrogen) atoms. The molecule has 18 heteroatoms. The molecule has 3 aromatic rings. The van der Waals surface area contributed by atoms with Gasteiger partial charge in [-0.2, -0.15) is 39.5 Å². The molecule has 0 radical (unpaired) electrons. The Labute approximate surface area is 240 Å². The van der Waals surface area contributed by atoms with Crippen LogP contribution in [0.15, 0.2) is 48.7 Å². The Kier molecular flexibility index (Phi) is 8.84. The van der Waals surface area contributed by atoms with Crippen molar-refractivity contribution in [2.24, 2.45) is 0 Å². The summed E-state index contributed by atoms with van der Waals surface area (Å²) in [4.78, 5) is 28.8. The molecule has 2 amide bonds. The van der Waals surface area contributed by atoms with Gasteiger partial charge in [0.25, 0.3) is 11.8 Å². The van der Waals surface area contributed by atoms with E-state index in [1.54, 1.807) is 5.32 Å². The lowest BCUT2D eigenvalue weighted by molar-refractivity contribution is -0.348. The van der Waals surface area contributed by atoms with Crippen LogP contribution in [0.3, 0.4) is 0 Å². The van der Waals surface area contributed by atoms with E-state index in [9.17, 15) is 53.5 Å². The topological polar surface area (TPSA) is 71.1 Å². The van der Waals surface area contributed by atoms with Gasteiger partial charge in [-0.05, 0) is 59.0 Å². The lowest BCUT2D eigenvalue weighted by atomic mass is 9.92. The molecular weight excluding hydrogens is 722 g/mol. The number of nitrogens with one attached hydrogen (secondary N) is 2. The summed E-state index contributed by atoms with van der Waals surface area (Å²) in [6.07, 6.45) is -17.9. The number of anilines is 2. The zero-order valence-electron chi connectivity index (χ0n) is 19.3. The van der Waals surface area contributed by atoms with Crippen LogP contribution in [0.4, 0.5) is 59.7 Å². The third kappa shape index (κ3) is 6.34. The van der Waals surface area contributed by atoms with Gasteiger partial charge in [-0.1, -0.05) is 17.7 Å². The normalized spacial score (nSPS) is 12.7. The number of nitrogens with zero attached hydrogens (tertiary/aromatic N) is 1. The first kappa shape index (κ1) is 32.3. The average Bonchev–Trinajstić information content (AvgIpc) is 2.83. The smallest absolute Gasteiger partial charge is 0.320 e. The van der Waals surface area contributed by atoms with E-state index >= 15 is 4.39 Å². The molecule has 0 spiro atoms. The summed E-state index contributed by atoms with van der Waals surface area (Å²) in [5.74, 6) is -4.11. The first-order chi connectivity index (χ1) is 18.7. The molecule has 0 aliphatic heterocycles. The van der Waals surface area contributed by atoms with Gasteiger partial charge < -0.3 is 10.6 Å². The Balaban J connectivity index is 2.05. The molecule has 0 atom stereocenters. The second kappa shape index (κ2) is 11.2. The van der Waals surface area contributed by atoms with Gasteiger partial charge in [0.2, 0.25) is 0 Å². The lowest BCUT2D eigenvalue weighted by Crippen LogP contribution is -2.50. The maximum absolute atomic E-state index is 15.1. The van der Waals surface area contributed by atoms with Crippen LogP contribution in [0, 0.1) is 9.39 Å². The number of carbonyl (C=O) groups excluding carboxylic acids is 2. The van der Waals surface area contributed by atoms with E-state index in [2.05, 4.69) is 10.3 Å². The second-order valence-corrected chi connectivity index (χ2v) is 9.47. The summed E-state index contributed by atoms with van der Waals surface area (Å²) in [5.41, 5.74) is -14.2. The van der Waals surface area contributed by atoms with Crippen LogP contribution >= 0.6 is 34.2 Å². The Hall–Kier alpha value is -3.22. The van der Waals surface area contributed by atoms with Crippen molar-refractivity contribution in [2.45, 2.75) is 24.2 Å². The number of amides is 2. The molecule has 0 aliphatic carbocycles. The molecule has 0 bridgehead atoms. The highest BCUT2D eigenvalue weighted by Crippen LogP contribution is 2.54. The predicted octanol–water partition coefficient (Wildman–Crippen LogP) is 8.29. The van der Waals surface area contributed by atoms with Crippen molar-refractivity contribution < 1.29 is 57.9 Å². The highest BCUT2D eigenvalue weighted by Gasteiger charge is 2.73. The van der Waals surface area contributed by atoms with Gasteiger partial charge in [0.15, 0.2) is 5.82 Å². The Morgan fingerprint density at radius 2 is 1.37 bits per heavy atom. The van der Waals surface area contributed by atoms with Crippen molar-refractivity contribution >= 4 is 57.4 Å². The maximum Gasteiger partial charge on any atom is 0.435 e. The van der Waals surface area contributed by atoms with Gasteiger partial charge in [-0.25, -0.2) is 13.8 Å². The number of hydrogen-bond donors (Lipinski definition) is 2. The largest absolute Gasteiger partial charge is 0.435 e. The van der Waals surface area contributed by atoms with Crippen molar-refractivity contribution in [3.63, 3.8) is 0 Å². The van der Waals surface area contributed by atoms with Crippen molar-refractivity contribution in [3.8, 4) is 0 Å². The van der Waals surface area contributed by atoms with Crippen molar-refractivity contribution in [3.05, 3.63) is 85.5 Å². The minimum absolute atomic E-state index is 0.183. The summed E-state index contributed by atoms with van der Waals surface area (Å²) in [5, 5.41) is 3.38. The van der Waals surface area contributed by atoms with Gasteiger partial charge in [0.1, 0.15) is 5.15 Å². The molecular formula is C23H10ClF11IN3O2. The highest BCUT2D eigenvalue weighted by molar-refractivity contribution is 14.1. The number of halogens is 13. The summed E-state index contributed by atoms with van der Waals surface area (Å²) < 4.78 is 149. The van der Waals surface area contributed by atoms with E-state index in [-0.39, 0.29) is 16.8 Å². The first-order valence-electron chi connectivity index (χ1n) is 10.5. The van der Waals surface area contributed by atoms with E-state index in [0.717, 1.165) is 40.8 Å². The molecule has 2 aromatic carbocycles. The van der Waals surface area contributed by atoms with Crippen molar-refractivity contribution in [2.75, 3.05) is 10.6 Å². The SMILES string of the molecule is O=C(Nc1cccc(C(=O)Nc2c(I)cc(C(F)(C(F)(F)F)C(F)(F)F)cc2C(F)(F)F)c1F)c1cccnc1Cl. The molecule has 220 valence electrons. The highest BCUT2D eigenvalue weighted by atomic mass is 127. The van der Waals surface area contributed by atoms with Crippen LogP contribution in [-0.4, -0.2) is 29.2 Å². The fraction of sp³-hybridized carbons (Fsp3) is 0.174. The van der Waals surface area contributed by atoms with E-state index in [1.165, 1.54) is 18.3 Å². The third-order valence-electron chi connectivity index (χ3n) is 5.31. The number of rotatable bonds is 5. The van der Waals surface area contributed by atoms with Crippen molar-refractivity contribution in [1.82, 2.24) is 4.98 Å². The number of pyridine rings is 1. The van der Waals surface area contributed by atoms with E-state index < -0.39 is 79.5 Å². The van der Waals surface area contributed by atoms with Gasteiger partial charge >= 0.3 is 24.2 Å². The summed E-state index contributed by atoms with van der Waals surface area (Å²) >= 11 is 6.64. The van der Waals surface area contributed by atoms with Gasteiger partial charge in [0, 0.05) is 15.3 Å². The van der Waals surface area contributed by atoms with Crippen LogP contribution in [-0.2, 0) is 11.8 Å². The third-order valence-corrected chi connectivity index (χ3v) is 6.46. The van der Waals surface area contributed by atoms with Crippen LogP contribution in [0.1, 0.15) is 31.8 Å². The van der Waals surface area contributed by atoms with Crippen LogP contribution in [0.5, 0.6) is 0 Å². The molecule has 0 fully saturated rings. The lowest BCUT2D eigenvalue weighted by Gasteiger charge is -2.31. The number of alkyl halides is 10. The van der Waals surface area contributed by atoms with Crippen molar-refractivity contribution in [1.29, 1.82) is 0 Å². The van der Waals surface area contributed by atoms with Gasteiger partial charge in [-0.3, -0.25) is 9.59 Å². The fourth-order valence-corrected chi connectivity index (χ4v) is 4.34. The Morgan fingerprint density at radius 1 is 0.805 bits per heavy atom. The molecule has 0 saturated carbocycles. The molecule has 3 rings (SSSR count). The summed E-state index contributed by atoms with van der Waals surface area (Å²) in [7, 11) is 0. The molecule has 0 unspecified atom stereocenters. The summed E-state index contributed by atoms with van der Waals surface area (Å²) in [6, 6.07) is 4.33. The quantitative estimate of drug-likeness (QED) is 0.158. The minimum Gasteiger partial charge on any atom is -0.320 e. The standard InChI is InChI=1S/C23H10ClF11IN3O2/c24-17-11(4-2-6-37-17)19(41)38-14-5-1-3-10(15(14)25)18(40)39-16-12(21(27,28)29)7-9(8-13(16)36)20(26,22(30,31)32)23(33,34)35/h1-8H,(H,38,41)(H,39,40). The number of aromatic nitrogens is 1. The number of hydrogen-bond acceptors (Lipinski definition) is 3. The van der Waals surface area contributed by atoms with Gasteiger partial charge in [0.05, 0.1) is 28.1 Å². The molecule has 1 aromatic heterocycles. The molecule has 5 nitrogen and oxygen atoms in total. The maximum atomic E-state index is 15.1. The molecule has 0 saturated heterocycles. The van der Waals surface area contributed by atoms with E-state index in [1.807, 2.05) is 0 Å².